The topological polar surface area (TPSA) is 76.1 Å². The summed E-state index contributed by atoms with van der Waals surface area (Å²) in [7, 11) is 1.66. The molecular weight excluding hydrogens is 304 g/mol. The number of methoxy groups -OCH3 is 1. The zero-order valence-corrected chi connectivity index (χ0v) is 14.2. The van der Waals surface area contributed by atoms with Crippen molar-refractivity contribution in [2.45, 2.75) is 26.2 Å². The second-order valence-corrected chi connectivity index (χ2v) is 5.40. The fourth-order valence-electron chi connectivity index (χ4n) is 2.19. The molecule has 0 fully saturated rings. The second-order valence-electron chi connectivity index (χ2n) is 5.40. The minimum absolute atomic E-state index is 0.165. The van der Waals surface area contributed by atoms with Gasteiger partial charge in [-0.2, -0.15) is 0 Å². The van der Waals surface area contributed by atoms with Crippen molar-refractivity contribution in [2.24, 2.45) is 0 Å². The van der Waals surface area contributed by atoms with Crippen LogP contribution < -0.4 is 15.4 Å². The van der Waals surface area contributed by atoms with E-state index in [0.717, 1.165) is 30.6 Å². The number of hydrogen-bond acceptors (Lipinski definition) is 5. The molecule has 2 aromatic rings. The molecule has 0 saturated heterocycles. The first kappa shape index (κ1) is 17.7. The highest BCUT2D eigenvalue weighted by atomic mass is 16.5. The Kier molecular flexibility index (Phi) is 7.01. The average Bonchev–Trinajstić information content (AvgIpc) is 2.62. The molecule has 0 spiro atoms. The number of ether oxygens (including phenoxy) is 1. The Morgan fingerprint density at radius 3 is 2.92 bits per heavy atom. The van der Waals surface area contributed by atoms with Crippen LogP contribution in [0.5, 0.6) is 5.75 Å². The normalized spacial score (nSPS) is 10.2. The number of unbranched alkanes of at least 4 members (excludes halogenated alkanes) is 1. The van der Waals surface area contributed by atoms with Crippen molar-refractivity contribution in [2.75, 3.05) is 25.5 Å². The lowest BCUT2D eigenvalue weighted by atomic mass is 10.1. The Hall–Kier alpha value is -2.63. The van der Waals surface area contributed by atoms with E-state index < -0.39 is 0 Å². The van der Waals surface area contributed by atoms with Crippen LogP contribution in [0, 0.1) is 0 Å². The smallest absolute Gasteiger partial charge is 0.270 e. The number of nitrogens with zero attached hydrogens (tertiary/aromatic N) is 2. The molecule has 1 aromatic carbocycles. The molecule has 6 heteroatoms. The molecule has 1 aromatic heterocycles. The third kappa shape index (κ3) is 5.53. The van der Waals surface area contributed by atoms with Gasteiger partial charge in [0.05, 0.1) is 7.11 Å². The molecule has 1 amide bonds. The molecule has 24 heavy (non-hydrogen) atoms. The number of rotatable bonds is 9. The summed E-state index contributed by atoms with van der Waals surface area (Å²) in [5.74, 6) is 1.14. The van der Waals surface area contributed by atoms with Gasteiger partial charge in [0, 0.05) is 19.3 Å². The molecule has 128 valence electrons. The summed E-state index contributed by atoms with van der Waals surface area (Å²) in [6.07, 6.45) is 4.41. The Morgan fingerprint density at radius 1 is 1.25 bits per heavy atom. The zero-order valence-electron chi connectivity index (χ0n) is 14.2. The molecule has 0 bridgehead atoms. The summed E-state index contributed by atoms with van der Waals surface area (Å²) >= 11 is 0. The van der Waals surface area contributed by atoms with Crippen molar-refractivity contribution >= 4 is 11.9 Å². The molecule has 2 rings (SSSR count). The molecule has 0 unspecified atom stereocenters. The van der Waals surface area contributed by atoms with Crippen molar-refractivity contribution in [1.29, 1.82) is 0 Å². The van der Waals surface area contributed by atoms with Gasteiger partial charge in [0.2, 0.25) is 5.95 Å². The fourth-order valence-corrected chi connectivity index (χ4v) is 2.19. The Morgan fingerprint density at radius 2 is 2.12 bits per heavy atom. The minimum Gasteiger partial charge on any atom is -0.497 e. The van der Waals surface area contributed by atoms with Crippen LogP contribution in [0.1, 0.15) is 35.8 Å². The van der Waals surface area contributed by atoms with Gasteiger partial charge in [-0.15, -0.1) is 0 Å². The highest BCUT2D eigenvalue weighted by molar-refractivity contribution is 5.92. The zero-order chi connectivity index (χ0) is 17.2. The highest BCUT2D eigenvalue weighted by Gasteiger charge is 2.07. The van der Waals surface area contributed by atoms with E-state index in [4.69, 9.17) is 4.74 Å². The predicted molar refractivity (Wildman–Crippen MR) is 94.5 cm³/mol. The summed E-state index contributed by atoms with van der Waals surface area (Å²) in [5.41, 5.74) is 1.54. The maximum absolute atomic E-state index is 12.0. The number of nitrogens with one attached hydrogen (secondary N) is 2. The van der Waals surface area contributed by atoms with Crippen molar-refractivity contribution in [1.82, 2.24) is 15.3 Å². The van der Waals surface area contributed by atoms with Gasteiger partial charge in [0.25, 0.3) is 5.91 Å². The first-order chi connectivity index (χ1) is 11.7. The molecule has 0 radical (unpaired) electrons. The molecule has 0 aliphatic rings. The van der Waals surface area contributed by atoms with Crippen molar-refractivity contribution < 1.29 is 9.53 Å². The lowest BCUT2D eigenvalue weighted by Crippen LogP contribution is -2.25. The lowest BCUT2D eigenvalue weighted by molar-refractivity contribution is 0.0948. The first-order valence-electron chi connectivity index (χ1n) is 8.21. The number of benzene rings is 1. The number of hydrogen-bond donors (Lipinski definition) is 2. The van der Waals surface area contributed by atoms with Gasteiger partial charge < -0.3 is 15.4 Å². The monoisotopic (exact) mass is 328 g/mol. The quantitative estimate of drug-likeness (QED) is 0.692. The van der Waals surface area contributed by atoms with E-state index in [0.29, 0.717) is 24.7 Å². The Labute approximate surface area is 142 Å². The summed E-state index contributed by atoms with van der Waals surface area (Å²) in [5, 5.41) is 6.00. The Balaban J connectivity index is 1.86. The van der Waals surface area contributed by atoms with Crippen LogP contribution >= 0.6 is 0 Å². The maximum Gasteiger partial charge on any atom is 0.270 e. The molecule has 6 nitrogen and oxygen atoms in total. The number of amides is 1. The van der Waals surface area contributed by atoms with Crippen LogP contribution in [-0.2, 0) is 6.42 Å². The van der Waals surface area contributed by atoms with Gasteiger partial charge in [-0.3, -0.25) is 4.79 Å². The van der Waals surface area contributed by atoms with Crippen molar-refractivity contribution in [3.05, 3.63) is 47.8 Å². The van der Waals surface area contributed by atoms with Crippen LogP contribution in [0.3, 0.4) is 0 Å². The van der Waals surface area contributed by atoms with Crippen LogP contribution in [0.2, 0.25) is 0 Å². The van der Waals surface area contributed by atoms with Gasteiger partial charge in [0.15, 0.2) is 0 Å². The molecule has 0 aliphatic carbocycles. The van der Waals surface area contributed by atoms with E-state index in [1.807, 2.05) is 24.3 Å². The number of anilines is 1. The molecule has 0 atom stereocenters. The SMILES string of the molecule is CCCCNC(=O)c1ccnc(NCCc2cccc(OC)c2)n1. The molecule has 0 aliphatic heterocycles. The average molecular weight is 328 g/mol. The number of aromatic nitrogens is 2. The highest BCUT2D eigenvalue weighted by Crippen LogP contribution is 2.13. The van der Waals surface area contributed by atoms with Crippen molar-refractivity contribution in [3.8, 4) is 5.75 Å². The van der Waals surface area contributed by atoms with Gasteiger partial charge >= 0.3 is 0 Å². The van der Waals surface area contributed by atoms with Crippen LogP contribution in [0.4, 0.5) is 5.95 Å². The van der Waals surface area contributed by atoms with E-state index in [9.17, 15) is 4.79 Å². The standard InChI is InChI=1S/C18H24N4O2/c1-3-4-10-19-17(23)16-9-12-21-18(22-16)20-11-8-14-6-5-7-15(13-14)24-2/h5-7,9,12-13H,3-4,8,10-11H2,1-2H3,(H,19,23)(H,20,21,22). The Bertz CT molecular complexity index is 661. The second kappa shape index (κ2) is 9.50. The summed E-state index contributed by atoms with van der Waals surface area (Å²) in [4.78, 5) is 20.4. The van der Waals surface area contributed by atoms with Crippen LogP contribution in [-0.4, -0.2) is 36.1 Å². The lowest BCUT2D eigenvalue weighted by Gasteiger charge is -2.08. The van der Waals surface area contributed by atoms with Gasteiger partial charge in [-0.1, -0.05) is 25.5 Å². The summed E-state index contributed by atoms with van der Waals surface area (Å²) in [6.45, 7) is 3.42. The third-order valence-electron chi connectivity index (χ3n) is 3.54. The molecule has 0 saturated carbocycles. The van der Waals surface area contributed by atoms with Crippen LogP contribution in [0.15, 0.2) is 36.5 Å². The van der Waals surface area contributed by atoms with Crippen LogP contribution in [0.25, 0.3) is 0 Å². The molecule has 1 heterocycles. The van der Waals surface area contributed by atoms with E-state index in [1.54, 1.807) is 19.4 Å². The van der Waals surface area contributed by atoms with Gasteiger partial charge in [-0.25, -0.2) is 9.97 Å². The number of carbonyl (C=O) groups excluding carboxylic acids is 1. The summed E-state index contributed by atoms with van der Waals surface area (Å²) in [6, 6.07) is 9.55. The third-order valence-corrected chi connectivity index (χ3v) is 3.54. The van der Waals surface area contributed by atoms with Gasteiger partial charge in [-0.05, 0) is 36.6 Å². The fraction of sp³-hybridized carbons (Fsp3) is 0.389. The van der Waals surface area contributed by atoms with E-state index in [1.165, 1.54) is 0 Å². The molecular formula is C18H24N4O2. The number of carbonyl (C=O) groups is 1. The first-order valence-corrected chi connectivity index (χ1v) is 8.21. The minimum atomic E-state index is -0.165. The predicted octanol–water partition coefficient (Wildman–Crippen LogP) is 2.67. The van der Waals surface area contributed by atoms with E-state index in [2.05, 4.69) is 27.5 Å². The molecule has 2 N–H and O–H groups in total. The largest absolute Gasteiger partial charge is 0.497 e. The van der Waals surface area contributed by atoms with Gasteiger partial charge in [0.1, 0.15) is 11.4 Å². The summed E-state index contributed by atoms with van der Waals surface area (Å²) < 4.78 is 5.21. The van der Waals surface area contributed by atoms with E-state index >= 15 is 0 Å². The maximum atomic E-state index is 12.0. The van der Waals surface area contributed by atoms with Crippen molar-refractivity contribution in [3.63, 3.8) is 0 Å². The van der Waals surface area contributed by atoms with E-state index in [-0.39, 0.29) is 5.91 Å².